The summed E-state index contributed by atoms with van der Waals surface area (Å²) in [7, 11) is -5.32. The second-order valence-corrected chi connectivity index (χ2v) is 6.96. The third-order valence-corrected chi connectivity index (χ3v) is 4.94. The zero-order chi connectivity index (χ0) is 17.3. The monoisotopic (exact) mass is 348 g/mol. The average Bonchev–Trinajstić information content (AvgIpc) is 3.00. The molecule has 0 bridgehead atoms. The number of aromatic nitrogens is 3. The molecule has 0 saturated heterocycles. The van der Waals surface area contributed by atoms with Crippen LogP contribution in [0.2, 0.25) is 0 Å². The maximum atomic E-state index is 12.5. The molecule has 2 rings (SSSR count). The van der Waals surface area contributed by atoms with E-state index in [1.807, 2.05) is 13.8 Å². The maximum absolute atomic E-state index is 12.5. The zero-order valence-electron chi connectivity index (χ0n) is 12.3. The summed E-state index contributed by atoms with van der Waals surface area (Å²) in [4.78, 5) is 3.06. The first-order valence-corrected chi connectivity index (χ1v) is 8.13. The molecule has 0 fully saturated rings. The first-order valence-electron chi connectivity index (χ1n) is 6.65. The lowest BCUT2D eigenvalue weighted by molar-refractivity contribution is -0.0436. The van der Waals surface area contributed by atoms with Crippen molar-refractivity contribution in [1.29, 1.82) is 0 Å². The van der Waals surface area contributed by atoms with Crippen molar-refractivity contribution in [3.63, 3.8) is 0 Å². The van der Waals surface area contributed by atoms with Crippen molar-refractivity contribution >= 4 is 15.5 Å². The zero-order valence-corrected chi connectivity index (χ0v) is 13.1. The third-order valence-electron chi connectivity index (χ3n) is 3.44. The predicted octanol–water partition coefficient (Wildman–Crippen LogP) is 2.63. The Morgan fingerprint density at radius 1 is 1.17 bits per heavy atom. The van der Waals surface area contributed by atoms with Gasteiger partial charge in [-0.25, -0.2) is 18.1 Å². The molecule has 0 saturated carbocycles. The highest BCUT2D eigenvalue weighted by Gasteiger charge is 2.46. The number of sulfone groups is 1. The molecule has 1 N–H and O–H groups in total. The summed E-state index contributed by atoms with van der Waals surface area (Å²) in [6, 6.07) is 4.28. The number of nitrogens with one attached hydrogen (secondary N) is 1. The summed E-state index contributed by atoms with van der Waals surface area (Å²) in [5.74, 6) is 0. The largest absolute Gasteiger partial charge is 0.501 e. The van der Waals surface area contributed by atoms with Gasteiger partial charge >= 0.3 is 5.51 Å². The van der Waals surface area contributed by atoms with Gasteiger partial charge in [0.25, 0.3) is 9.84 Å². The number of hydrogen-bond donors (Lipinski definition) is 1. The van der Waals surface area contributed by atoms with Crippen LogP contribution in [0.25, 0.3) is 0 Å². The van der Waals surface area contributed by atoms with Crippen molar-refractivity contribution in [3.8, 4) is 0 Å². The number of alkyl halides is 3. The topological polar surface area (TPSA) is 76.9 Å². The van der Waals surface area contributed by atoms with Crippen molar-refractivity contribution in [1.82, 2.24) is 14.8 Å². The summed E-state index contributed by atoms with van der Waals surface area (Å²) in [6.07, 6.45) is 2.96. The summed E-state index contributed by atoms with van der Waals surface area (Å²) in [5.41, 5.74) is -4.80. The molecule has 0 amide bonds. The van der Waals surface area contributed by atoms with Crippen molar-refractivity contribution in [3.05, 3.63) is 36.9 Å². The molecule has 126 valence electrons. The molecule has 0 spiro atoms. The molecule has 0 unspecified atom stereocenters. The van der Waals surface area contributed by atoms with Crippen molar-refractivity contribution in [2.45, 2.75) is 36.3 Å². The molecule has 2 atom stereocenters. The minimum absolute atomic E-state index is 0.0592. The number of nitrogens with zero attached hydrogens (tertiary/aromatic N) is 3. The number of rotatable bonds is 5. The van der Waals surface area contributed by atoms with Crippen LogP contribution in [-0.2, 0) is 9.84 Å². The first kappa shape index (κ1) is 17.3. The van der Waals surface area contributed by atoms with E-state index in [-0.39, 0.29) is 12.1 Å². The molecular weight excluding hydrogens is 333 g/mol. The van der Waals surface area contributed by atoms with Gasteiger partial charge in [-0.3, -0.25) is 0 Å². The minimum Gasteiger partial charge on any atom is -0.380 e. The quantitative estimate of drug-likeness (QED) is 0.899. The fourth-order valence-corrected chi connectivity index (χ4v) is 2.67. The summed E-state index contributed by atoms with van der Waals surface area (Å²) in [6.45, 7) is 3.77. The Kier molecular flexibility index (Phi) is 4.64. The van der Waals surface area contributed by atoms with Gasteiger partial charge in [0.05, 0.1) is 10.9 Å². The lowest BCUT2D eigenvalue weighted by atomic mass is 10.1. The molecule has 0 aliphatic rings. The van der Waals surface area contributed by atoms with Gasteiger partial charge in [0.1, 0.15) is 12.7 Å². The molecule has 10 heteroatoms. The Bertz CT molecular complexity index is 743. The van der Waals surface area contributed by atoms with Crippen molar-refractivity contribution in [2.75, 3.05) is 5.32 Å². The lowest BCUT2D eigenvalue weighted by Crippen LogP contribution is -2.27. The molecule has 2 aromatic rings. The van der Waals surface area contributed by atoms with E-state index < -0.39 is 20.2 Å². The number of anilines is 1. The fourth-order valence-electron chi connectivity index (χ4n) is 1.90. The Labute approximate surface area is 131 Å². The average molecular weight is 348 g/mol. The lowest BCUT2D eigenvalue weighted by Gasteiger charge is -2.22. The van der Waals surface area contributed by atoms with Gasteiger partial charge in [-0.15, -0.1) is 0 Å². The van der Waals surface area contributed by atoms with E-state index in [1.54, 1.807) is 11.0 Å². The highest BCUT2D eigenvalue weighted by atomic mass is 32.2. The van der Waals surface area contributed by atoms with E-state index in [2.05, 4.69) is 15.4 Å². The Hall–Kier alpha value is -2.10. The number of halogens is 3. The van der Waals surface area contributed by atoms with Crippen LogP contribution in [0.5, 0.6) is 0 Å². The van der Waals surface area contributed by atoms with Gasteiger partial charge in [-0.1, -0.05) is 0 Å². The van der Waals surface area contributed by atoms with Crippen LogP contribution >= 0.6 is 0 Å². The fraction of sp³-hybridized carbons (Fsp3) is 0.385. The number of benzene rings is 1. The highest BCUT2D eigenvalue weighted by molar-refractivity contribution is 7.92. The van der Waals surface area contributed by atoms with E-state index in [1.165, 1.54) is 18.5 Å². The Morgan fingerprint density at radius 2 is 1.78 bits per heavy atom. The highest BCUT2D eigenvalue weighted by Crippen LogP contribution is 2.30. The molecule has 0 radical (unpaired) electrons. The smallest absolute Gasteiger partial charge is 0.380 e. The van der Waals surface area contributed by atoms with Crippen LogP contribution in [0.15, 0.2) is 41.8 Å². The minimum atomic E-state index is -5.32. The van der Waals surface area contributed by atoms with Crippen LogP contribution in [0.1, 0.15) is 19.9 Å². The van der Waals surface area contributed by atoms with Gasteiger partial charge in [-0.2, -0.15) is 18.3 Å². The van der Waals surface area contributed by atoms with Gasteiger partial charge < -0.3 is 5.32 Å². The summed E-state index contributed by atoms with van der Waals surface area (Å²) in [5, 5.41) is 7.10. The van der Waals surface area contributed by atoms with Crippen LogP contribution in [0, 0.1) is 0 Å². The second kappa shape index (κ2) is 6.19. The van der Waals surface area contributed by atoms with E-state index in [0.29, 0.717) is 5.69 Å². The molecule has 1 heterocycles. The van der Waals surface area contributed by atoms with Crippen LogP contribution in [0.3, 0.4) is 0 Å². The third kappa shape index (κ3) is 3.63. The molecule has 6 nitrogen and oxygen atoms in total. The summed E-state index contributed by atoms with van der Waals surface area (Å²) < 4.78 is 61.6. The van der Waals surface area contributed by atoms with E-state index in [9.17, 15) is 21.6 Å². The van der Waals surface area contributed by atoms with Gasteiger partial charge in [0.15, 0.2) is 0 Å². The SMILES string of the molecule is C[C@@H](Nc1ccc(S(=O)(=O)C(F)(F)F)cc1)[C@H](C)n1cncn1. The second-order valence-electron chi connectivity index (χ2n) is 5.02. The number of hydrogen-bond acceptors (Lipinski definition) is 5. The first-order chi connectivity index (χ1) is 10.6. The molecule has 1 aromatic carbocycles. The Balaban J connectivity index is 2.12. The molecule has 23 heavy (non-hydrogen) atoms. The normalized spacial score (nSPS) is 15.2. The Morgan fingerprint density at radius 3 is 2.26 bits per heavy atom. The van der Waals surface area contributed by atoms with Gasteiger partial charge in [-0.05, 0) is 38.1 Å². The van der Waals surface area contributed by atoms with E-state index in [0.717, 1.165) is 12.1 Å². The van der Waals surface area contributed by atoms with Crippen molar-refractivity contribution < 1.29 is 21.6 Å². The van der Waals surface area contributed by atoms with Gasteiger partial charge in [0, 0.05) is 11.7 Å². The standard InChI is InChI=1S/C13H15F3N4O2S/c1-9(10(2)20-8-17-7-18-20)19-11-3-5-12(6-4-11)23(21,22)13(14,15)16/h3-10,19H,1-2H3/t9-,10+/m1/s1. The summed E-state index contributed by atoms with van der Waals surface area (Å²) >= 11 is 0. The molecule has 1 aromatic heterocycles. The molecule has 0 aliphatic carbocycles. The predicted molar refractivity (Wildman–Crippen MR) is 77.5 cm³/mol. The maximum Gasteiger partial charge on any atom is 0.501 e. The van der Waals surface area contributed by atoms with E-state index in [4.69, 9.17) is 0 Å². The van der Waals surface area contributed by atoms with Crippen molar-refractivity contribution in [2.24, 2.45) is 0 Å². The van der Waals surface area contributed by atoms with Crippen LogP contribution in [0.4, 0.5) is 18.9 Å². The van der Waals surface area contributed by atoms with Gasteiger partial charge in [0.2, 0.25) is 0 Å². The molecular formula is C13H15F3N4O2S. The van der Waals surface area contributed by atoms with E-state index >= 15 is 0 Å². The molecule has 0 aliphatic heterocycles. The van der Waals surface area contributed by atoms with Crippen LogP contribution in [-0.4, -0.2) is 34.7 Å². The van der Waals surface area contributed by atoms with Crippen LogP contribution < -0.4 is 5.32 Å².